The summed E-state index contributed by atoms with van der Waals surface area (Å²) in [5, 5.41) is 2.80. The largest absolute Gasteiger partial charge is 0.352 e. The first-order valence-electron chi connectivity index (χ1n) is 8.27. The Hall–Kier alpha value is -3.54. The van der Waals surface area contributed by atoms with E-state index >= 15 is 0 Å². The molecule has 6 heteroatoms. The Bertz CT molecular complexity index is 1050. The highest BCUT2D eigenvalue weighted by Crippen LogP contribution is 2.25. The van der Waals surface area contributed by atoms with E-state index in [1.165, 1.54) is 13.3 Å². The highest BCUT2D eigenvalue weighted by molar-refractivity contribution is 5.83. The van der Waals surface area contributed by atoms with Crippen LogP contribution in [0.4, 0.5) is 0 Å². The van der Waals surface area contributed by atoms with Crippen molar-refractivity contribution in [2.75, 3.05) is 0 Å². The Labute approximate surface area is 150 Å². The minimum Gasteiger partial charge on any atom is -0.352 e. The molecule has 0 aliphatic heterocycles. The van der Waals surface area contributed by atoms with Crippen molar-refractivity contribution in [3.8, 4) is 16.8 Å². The Kier molecular flexibility index (Phi) is 4.15. The van der Waals surface area contributed by atoms with Gasteiger partial charge in [-0.2, -0.15) is 0 Å². The molecule has 0 unspecified atom stereocenters. The Morgan fingerprint density at radius 3 is 2.54 bits per heavy atom. The summed E-state index contributed by atoms with van der Waals surface area (Å²) in [5.74, 6) is -0.0351. The van der Waals surface area contributed by atoms with Gasteiger partial charge in [-0.3, -0.25) is 9.36 Å². The lowest BCUT2D eigenvalue weighted by Gasteiger charge is -2.08. The van der Waals surface area contributed by atoms with Crippen molar-refractivity contribution in [2.24, 2.45) is 0 Å². The summed E-state index contributed by atoms with van der Waals surface area (Å²) in [6.45, 7) is 2.04. The van der Waals surface area contributed by atoms with Gasteiger partial charge in [-0.25, -0.2) is 15.0 Å². The first-order valence-corrected chi connectivity index (χ1v) is 8.27. The second-order valence-electron chi connectivity index (χ2n) is 6.02. The van der Waals surface area contributed by atoms with Crippen LogP contribution in [0.1, 0.15) is 12.5 Å². The van der Waals surface area contributed by atoms with Gasteiger partial charge in [0.1, 0.15) is 12.7 Å². The van der Waals surface area contributed by atoms with Crippen molar-refractivity contribution in [1.29, 1.82) is 0 Å². The third kappa shape index (κ3) is 3.17. The van der Waals surface area contributed by atoms with E-state index < -0.39 is 0 Å². The number of nitrogens with zero attached hydrogens (tertiary/aromatic N) is 4. The molecule has 0 radical (unpaired) electrons. The van der Waals surface area contributed by atoms with Gasteiger partial charge in [0, 0.05) is 37.1 Å². The molecule has 4 rings (SSSR count). The van der Waals surface area contributed by atoms with Gasteiger partial charge in [0.05, 0.1) is 11.0 Å². The molecule has 0 atom stereocenters. The zero-order valence-electron chi connectivity index (χ0n) is 14.3. The third-order valence-electron chi connectivity index (χ3n) is 4.20. The minimum absolute atomic E-state index is 0.0351. The fraction of sp³-hybridized carbons (Fsp3) is 0.100. The van der Waals surface area contributed by atoms with Gasteiger partial charge in [-0.1, -0.05) is 18.2 Å². The number of hydrogen-bond acceptors (Lipinski definition) is 4. The van der Waals surface area contributed by atoms with E-state index in [0.717, 1.165) is 33.4 Å². The van der Waals surface area contributed by atoms with E-state index in [1.54, 1.807) is 12.4 Å². The van der Waals surface area contributed by atoms with Crippen molar-refractivity contribution >= 4 is 16.9 Å². The molecule has 2 aromatic carbocycles. The molecule has 128 valence electrons. The van der Waals surface area contributed by atoms with Crippen LogP contribution in [0.2, 0.25) is 0 Å². The van der Waals surface area contributed by atoms with E-state index in [2.05, 4.69) is 26.3 Å². The topological polar surface area (TPSA) is 72.7 Å². The summed E-state index contributed by atoms with van der Waals surface area (Å²) < 4.78 is 2.05. The predicted molar refractivity (Wildman–Crippen MR) is 99.6 cm³/mol. The van der Waals surface area contributed by atoms with Crippen LogP contribution in [0.3, 0.4) is 0 Å². The van der Waals surface area contributed by atoms with Crippen LogP contribution in [-0.4, -0.2) is 25.4 Å². The summed E-state index contributed by atoms with van der Waals surface area (Å²) >= 11 is 0. The fourth-order valence-corrected chi connectivity index (χ4v) is 2.84. The number of rotatable bonds is 4. The molecule has 2 heterocycles. The lowest BCUT2D eigenvalue weighted by molar-refractivity contribution is -0.119. The molecular formula is C20H17N5O. The molecular weight excluding hydrogens is 326 g/mol. The molecule has 4 aromatic rings. The summed E-state index contributed by atoms with van der Waals surface area (Å²) in [6.07, 6.45) is 6.94. The molecule has 0 bridgehead atoms. The van der Waals surface area contributed by atoms with E-state index in [0.29, 0.717) is 6.54 Å². The average Bonchev–Trinajstić information content (AvgIpc) is 3.10. The number of aromatic nitrogens is 4. The van der Waals surface area contributed by atoms with Gasteiger partial charge in [0.25, 0.3) is 0 Å². The predicted octanol–water partition coefficient (Wildman–Crippen LogP) is 3.12. The van der Waals surface area contributed by atoms with Crippen LogP contribution in [0.25, 0.3) is 27.8 Å². The van der Waals surface area contributed by atoms with Crippen LogP contribution in [0.15, 0.2) is 67.5 Å². The van der Waals surface area contributed by atoms with Crippen molar-refractivity contribution in [3.05, 3.63) is 73.1 Å². The Balaban J connectivity index is 1.69. The minimum atomic E-state index is -0.0351. The number of amides is 1. The lowest BCUT2D eigenvalue weighted by atomic mass is 10.1. The van der Waals surface area contributed by atoms with Gasteiger partial charge in [-0.15, -0.1) is 0 Å². The Morgan fingerprint density at radius 1 is 1.04 bits per heavy atom. The number of carbonyl (C=O) groups excluding carboxylic acids is 1. The highest BCUT2D eigenvalue weighted by Gasteiger charge is 2.07. The molecule has 0 spiro atoms. The molecule has 0 saturated heterocycles. The highest BCUT2D eigenvalue weighted by atomic mass is 16.1. The summed E-state index contributed by atoms with van der Waals surface area (Å²) in [7, 11) is 0. The van der Waals surface area contributed by atoms with E-state index in [4.69, 9.17) is 0 Å². The maximum absolute atomic E-state index is 11.0. The van der Waals surface area contributed by atoms with Crippen molar-refractivity contribution < 1.29 is 4.79 Å². The number of carbonyl (C=O) groups is 1. The molecule has 0 fully saturated rings. The molecule has 0 aliphatic carbocycles. The van der Waals surface area contributed by atoms with Gasteiger partial charge in [0.2, 0.25) is 5.91 Å². The first-order chi connectivity index (χ1) is 12.7. The molecule has 2 aromatic heterocycles. The molecule has 26 heavy (non-hydrogen) atoms. The first kappa shape index (κ1) is 16.0. The second kappa shape index (κ2) is 6.76. The zero-order chi connectivity index (χ0) is 17.9. The zero-order valence-corrected chi connectivity index (χ0v) is 14.3. The Morgan fingerprint density at radius 2 is 1.81 bits per heavy atom. The fourth-order valence-electron chi connectivity index (χ4n) is 2.84. The van der Waals surface area contributed by atoms with Crippen molar-refractivity contribution in [2.45, 2.75) is 13.5 Å². The molecule has 0 aliphatic rings. The van der Waals surface area contributed by atoms with Crippen molar-refractivity contribution in [3.63, 3.8) is 0 Å². The van der Waals surface area contributed by atoms with Crippen LogP contribution < -0.4 is 5.32 Å². The quantitative estimate of drug-likeness (QED) is 0.618. The number of fused-ring (bicyclic) bond motifs is 1. The van der Waals surface area contributed by atoms with Crippen LogP contribution in [0.5, 0.6) is 0 Å². The van der Waals surface area contributed by atoms with Gasteiger partial charge < -0.3 is 5.32 Å². The lowest BCUT2D eigenvalue weighted by Crippen LogP contribution is -2.18. The summed E-state index contributed by atoms with van der Waals surface area (Å²) in [6, 6.07) is 14.2. The maximum atomic E-state index is 11.0. The number of benzene rings is 2. The van der Waals surface area contributed by atoms with E-state index in [-0.39, 0.29) is 5.91 Å². The second-order valence-corrected chi connectivity index (χ2v) is 6.02. The van der Waals surface area contributed by atoms with Crippen LogP contribution >= 0.6 is 0 Å². The SMILES string of the molecule is CC(=O)NCc1ccc(-n2cnc3ccc(-c4cncnc4)cc32)cc1. The van der Waals surface area contributed by atoms with Gasteiger partial charge in [0.15, 0.2) is 0 Å². The molecule has 1 amide bonds. The molecule has 0 saturated carbocycles. The van der Waals surface area contributed by atoms with Crippen LogP contribution in [-0.2, 0) is 11.3 Å². The molecule has 6 nitrogen and oxygen atoms in total. The smallest absolute Gasteiger partial charge is 0.217 e. The monoisotopic (exact) mass is 343 g/mol. The number of hydrogen-bond donors (Lipinski definition) is 1. The maximum Gasteiger partial charge on any atom is 0.217 e. The normalized spacial score (nSPS) is 10.8. The third-order valence-corrected chi connectivity index (χ3v) is 4.20. The van der Waals surface area contributed by atoms with Gasteiger partial charge in [-0.05, 0) is 35.4 Å². The van der Waals surface area contributed by atoms with Crippen molar-refractivity contribution in [1.82, 2.24) is 24.8 Å². The van der Waals surface area contributed by atoms with Gasteiger partial charge >= 0.3 is 0 Å². The summed E-state index contributed by atoms with van der Waals surface area (Å²) in [5.41, 5.74) is 6.01. The standard InChI is InChI=1S/C20H17N5O/c1-14(26)23-9-15-2-5-18(6-3-15)25-13-24-19-7-4-16(8-20(19)25)17-10-21-12-22-11-17/h2-8,10-13H,9H2,1H3,(H,23,26). The number of nitrogens with one attached hydrogen (secondary N) is 1. The number of imidazole rings is 1. The van der Waals surface area contributed by atoms with E-state index in [1.807, 2.05) is 47.3 Å². The van der Waals surface area contributed by atoms with E-state index in [9.17, 15) is 4.79 Å². The average molecular weight is 343 g/mol. The van der Waals surface area contributed by atoms with Crippen LogP contribution in [0, 0.1) is 0 Å². The summed E-state index contributed by atoms with van der Waals surface area (Å²) in [4.78, 5) is 23.7. The molecule has 1 N–H and O–H groups in total.